The van der Waals surface area contributed by atoms with Crippen molar-refractivity contribution >= 4 is 11.9 Å². The van der Waals surface area contributed by atoms with E-state index in [4.69, 9.17) is 9.84 Å². The average Bonchev–Trinajstić information content (AvgIpc) is 2.52. The lowest BCUT2D eigenvalue weighted by Gasteiger charge is -2.39. The van der Waals surface area contributed by atoms with Crippen molar-refractivity contribution in [1.29, 1.82) is 0 Å². The molecular weight excluding hydrogens is 331 g/mol. The van der Waals surface area contributed by atoms with E-state index in [0.717, 1.165) is 0 Å². The highest BCUT2D eigenvalue weighted by atomic mass is 19.4. The summed E-state index contributed by atoms with van der Waals surface area (Å²) in [6.45, 7) is -0.923. The lowest BCUT2D eigenvalue weighted by Crippen LogP contribution is -2.54. The fraction of sp³-hybridized carbons (Fsp3) is 0.467. The Morgan fingerprint density at radius 3 is 2.17 bits per heavy atom. The van der Waals surface area contributed by atoms with E-state index in [-0.39, 0.29) is 24.4 Å². The molecule has 0 unspecified atom stereocenters. The third kappa shape index (κ3) is 3.97. The van der Waals surface area contributed by atoms with E-state index in [1.807, 2.05) is 0 Å². The van der Waals surface area contributed by atoms with Gasteiger partial charge in [-0.3, -0.25) is 4.79 Å². The van der Waals surface area contributed by atoms with Crippen LogP contribution in [0.2, 0.25) is 0 Å². The lowest BCUT2D eigenvalue weighted by molar-refractivity contribution is -0.271. The molecule has 132 valence electrons. The molecule has 9 heteroatoms. The largest absolute Gasteiger partial charge is 0.482 e. The highest BCUT2D eigenvalue weighted by molar-refractivity contribution is 5.94. The summed E-state index contributed by atoms with van der Waals surface area (Å²) in [4.78, 5) is 23.9. The first-order valence-electron chi connectivity index (χ1n) is 7.15. The quantitative estimate of drug-likeness (QED) is 0.865. The molecule has 0 bridgehead atoms. The minimum absolute atomic E-state index is 0.202. The zero-order valence-corrected chi connectivity index (χ0v) is 12.5. The van der Waals surface area contributed by atoms with Crippen LogP contribution in [0.5, 0.6) is 5.75 Å². The number of benzene rings is 1. The van der Waals surface area contributed by atoms with E-state index in [0.29, 0.717) is 0 Å². The Bertz CT molecular complexity index is 607. The predicted octanol–water partition coefficient (Wildman–Crippen LogP) is 1.68. The highest BCUT2D eigenvalue weighted by Crippen LogP contribution is 2.38. The summed E-state index contributed by atoms with van der Waals surface area (Å²) < 4.78 is 43.2. The molecular formula is C15H16F3NO5. The number of aliphatic hydroxyl groups is 1. The standard InChI is InChI=1S/C15H16F3NO5/c16-15(17,18)14(23)5-7-19(8-6-14)13(22)10-1-3-11(4-2-10)24-9-12(20)21/h1-4,23H,5-9H2,(H,20,21). The van der Waals surface area contributed by atoms with Crippen molar-refractivity contribution in [2.45, 2.75) is 24.6 Å². The molecule has 0 spiro atoms. The van der Waals surface area contributed by atoms with Crippen LogP contribution >= 0.6 is 0 Å². The Hall–Kier alpha value is -2.29. The molecule has 0 saturated carbocycles. The summed E-state index contributed by atoms with van der Waals surface area (Å²) in [7, 11) is 0. The maximum atomic E-state index is 12.7. The van der Waals surface area contributed by atoms with E-state index in [9.17, 15) is 27.9 Å². The second kappa shape index (κ2) is 6.68. The smallest absolute Gasteiger partial charge is 0.417 e. The maximum Gasteiger partial charge on any atom is 0.417 e. The van der Waals surface area contributed by atoms with Crippen LogP contribution in [-0.4, -0.2) is 58.5 Å². The minimum atomic E-state index is -4.72. The molecule has 1 saturated heterocycles. The van der Waals surface area contributed by atoms with Crippen LogP contribution in [0, 0.1) is 0 Å². The molecule has 0 aliphatic carbocycles. The number of piperidine rings is 1. The number of hydrogen-bond acceptors (Lipinski definition) is 4. The molecule has 0 aromatic heterocycles. The summed E-state index contributed by atoms with van der Waals surface area (Å²) in [5, 5.41) is 18.1. The Labute approximate surface area is 135 Å². The van der Waals surface area contributed by atoms with E-state index in [2.05, 4.69) is 0 Å². The summed E-state index contributed by atoms with van der Waals surface area (Å²) in [6, 6.07) is 5.63. The molecule has 1 aliphatic heterocycles. The van der Waals surface area contributed by atoms with Gasteiger partial charge in [-0.15, -0.1) is 0 Å². The van der Waals surface area contributed by atoms with Crippen molar-refractivity contribution < 1.29 is 37.7 Å². The van der Waals surface area contributed by atoms with Gasteiger partial charge in [0.15, 0.2) is 12.2 Å². The number of likely N-dealkylation sites (tertiary alicyclic amines) is 1. The Kier molecular flexibility index (Phi) is 5.02. The van der Waals surface area contributed by atoms with Gasteiger partial charge in [0.1, 0.15) is 5.75 Å². The number of carboxylic acids is 1. The van der Waals surface area contributed by atoms with E-state index < -0.39 is 43.1 Å². The summed E-state index contributed by atoms with van der Waals surface area (Å²) in [5.74, 6) is -1.33. The van der Waals surface area contributed by atoms with Gasteiger partial charge in [-0.05, 0) is 24.3 Å². The zero-order chi connectivity index (χ0) is 18.0. The summed E-state index contributed by atoms with van der Waals surface area (Å²) >= 11 is 0. The molecule has 0 atom stereocenters. The third-order valence-electron chi connectivity index (χ3n) is 3.87. The van der Waals surface area contributed by atoms with Crippen molar-refractivity contribution in [3.8, 4) is 5.75 Å². The van der Waals surface area contributed by atoms with Crippen molar-refractivity contribution in [1.82, 2.24) is 4.90 Å². The minimum Gasteiger partial charge on any atom is -0.482 e. The van der Waals surface area contributed by atoms with Gasteiger partial charge in [0.25, 0.3) is 5.91 Å². The molecule has 24 heavy (non-hydrogen) atoms. The van der Waals surface area contributed by atoms with E-state index >= 15 is 0 Å². The molecule has 1 amide bonds. The van der Waals surface area contributed by atoms with Crippen LogP contribution in [0.3, 0.4) is 0 Å². The van der Waals surface area contributed by atoms with Gasteiger partial charge in [-0.2, -0.15) is 13.2 Å². The average molecular weight is 347 g/mol. The Morgan fingerprint density at radius 2 is 1.71 bits per heavy atom. The van der Waals surface area contributed by atoms with Crippen LogP contribution < -0.4 is 4.74 Å². The van der Waals surface area contributed by atoms with Gasteiger partial charge in [0, 0.05) is 31.5 Å². The predicted molar refractivity (Wildman–Crippen MR) is 75.7 cm³/mol. The van der Waals surface area contributed by atoms with Crippen molar-refractivity contribution in [2.75, 3.05) is 19.7 Å². The second-order valence-electron chi connectivity index (χ2n) is 5.53. The molecule has 0 radical (unpaired) electrons. The molecule has 1 aromatic carbocycles. The molecule has 1 aliphatic rings. The maximum absolute atomic E-state index is 12.7. The number of nitrogens with zero attached hydrogens (tertiary/aromatic N) is 1. The number of alkyl halides is 3. The molecule has 1 aromatic rings. The Balaban J connectivity index is 1.97. The van der Waals surface area contributed by atoms with Gasteiger partial charge in [-0.25, -0.2) is 4.79 Å². The van der Waals surface area contributed by atoms with Gasteiger partial charge < -0.3 is 19.8 Å². The van der Waals surface area contributed by atoms with Gasteiger partial charge in [0.05, 0.1) is 0 Å². The second-order valence-corrected chi connectivity index (χ2v) is 5.53. The number of rotatable bonds is 4. The topological polar surface area (TPSA) is 87.1 Å². The van der Waals surface area contributed by atoms with Crippen molar-refractivity contribution in [2.24, 2.45) is 0 Å². The van der Waals surface area contributed by atoms with Crippen LogP contribution in [0.1, 0.15) is 23.2 Å². The van der Waals surface area contributed by atoms with Crippen LogP contribution in [-0.2, 0) is 4.79 Å². The molecule has 2 rings (SSSR count). The monoisotopic (exact) mass is 347 g/mol. The van der Waals surface area contributed by atoms with E-state index in [1.165, 1.54) is 29.2 Å². The van der Waals surface area contributed by atoms with Crippen molar-refractivity contribution in [3.63, 3.8) is 0 Å². The fourth-order valence-corrected chi connectivity index (χ4v) is 2.38. The number of carbonyl (C=O) groups excluding carboxylic acids is 1. The number of aliphatic carboxylic acids is 1. The van der Waals surface area contributed by atoms with Gasteiger partial charge >= 0.3 is 12.1 Å². The first kappa shape index (κ1) is 18.1. The van der Waals surface area contributed by atoms with Crippen molar-refractivity contribution in [3.05, 3.63) is 29.8 Å². The number of hydrogen-bond donors (Lipinski definition) is 2. The normalized spacial score (nSPS) is 17.4. The SMILES string of the molecule is O=C(O)COc1ccc(C(=O)N2CCC(O)(C(F)(F)F)CC2)cc1. The molecule has 1 heterocycles. The lowest BCUT2D eigenvalue weighted by atomic mass is 9.90. The first-order valence-corrected chi connectivity index (χ1v) is 7.15. The van der Waals surface area contributed by atoms with Crippen LogP contribution in [0.25, 0.3) is 0 Å². The van der Waals surface area contributed by atoms with Gasteiger partial charge in [-0.1, -0.05) is 0 Å². The number of ether oxygens (including phenoxy) is 1. The fourth-order valence-electron chi connectivity index (χ4n) is 2.38. The first-order chi connectivity index (χ1) is 11.1. The summed E-state index contributed by atoms with van der Waals surface area (Å²) in [6.07, 6.45) is -5.85. The van der Waals surface area contributed by atoms with E-state index in [1.54, 1.807) is 0 Å². The highest BCUT2D eigenvalue weighted by Gasteiger charge is 2.54. The third-order valence-corrected chi connectivity index (χ3v) is 3.87. The Morgan fingerprint density at radius 1 is 1.17 bits per heavy atom. The molecule has 1 fully saturated rings. The number of carboxylic acid groups (broad SMARTS) is 1. The number of carbonyl (C=O) groups is 2. The number of amides is 1. The molecule has 6 nitrogen and oxygen atoms in total. The number of halogens is 3. The van der Waals surface area contributed by atoms with Crippen LogP contribution in [0.4, 0.5) is 13.2 Å². The van der Waals surface area contributed by atoms with Gasteiger partial charge in [0.2, 0.25) is 0 Å². The van der Waals surface area contributed by atoms with Crippen LogP contribution in [0.15, 0.2) is 24.3 Å². The summed E-state index contributed by atoms with van der Waals surface area (Å²) in [5.41, 5.74) is -2.51. The zero-order valence-electron chi connectivity index (χ0n) is 12.5. The molecule has 2 N–H and O–H groups in total.